The number of hydrogen-bond acceptors (Lipinski definition) is 5. The van der Waals surface area contributed by atoms with Crippen molar-refractivity contribution < 1.29 is 18.0 Å². The average Bonchev–Trinajstić information content (AvgIpc) is 3.27. The SMILES string of the molecule is O=C(Nc1cccc(N2CCCC2=O)c1)c1ccccc1S[C@@H]1CCS(=O)(=O)C1. The molecule has 0 unspecified atom stereocenters. The highest BCUT2D eigenvalue weighted by Gasteiger charge is 2.29. The fraction of sp³-hybridized carbons (Fsp3) is 0.333. The summed E-state index contributed by atoms with van der Waals surface area (Å²) in [5.41, 5.74) is 1.92. The van der Waals surface area contributed by atoms with Crippen molar-refractivity contribution in [3.05, 3.63) is 54.1 Å². The molecule has 0 aliphatic carbocycles. The highest BCUT2D eigenvalue weighted by Crippen LogP contribution is 2.33. The van der Waals surface area contributed by atoms with Gasteiger partial charge in [-0.05, 0) is 43.2 Å². The van der Waals surface area contributed by atoms with Crippen LogP contribution in [0.4, 0.5) is 11.4 Å². The van der Waals surface area contributed by atoms with Gasteiger partial charge in [-0.1, -0.05) is 18.2 Å². The van der Waals surface area contributed by atoms with Crippen molar-refractivity contribution in [3.63, 3.8) is 0 Å². The topological polar surface area (TPSA) is 83.6 Å². The second-order valence-corrected chi connectivity index (χ2v) is 10.9. The lowest BCUT2D eigenvalue weighted by atomic mass is 10.2. The molecule has 2 aliphatic rings. The maximum Gasteiger partial charge on any atom is 0.256 e. The number of benzene rings is 2. The Morgan fingerprint density at radius 1 is 1.14 bits per heavy atom. The Hall–Kier alpha value is -2.32. The van der Waals surface area contributed by atoms with Gasteiger partial charge >= 0.3 is 0 Å². The first kappa shape index (κ1) is 20.0. The lowest BCUT2D eigenvalue weighted by Gasteiger charge is -2.17. The standard InChI is InChI=1S/C21H22N2O4S2/c24-20-9-4-11-23(20)16-6-3-5-15(13-16)22-21(25)18-7-1-2-8-19(18)28-17-10-12-29(26,27)14-17/h1-3,5-8,13,17H,4,9-12,14H2,(H,22,25)/t17-/m1/s1. The van der Waals surface area contributed by atoms with Gasteiger partial charge in [0.25, 0.3) is 5.91 Å². The van der Waals surface area contributed by atoms with E-state index in [1.165, 1.54) is 11.8 Å². The molecule has 2 fully saturated rings. The Bertz CT molecular complexity index is 1050. The van der Waals surface area contributed by atoms with Crippen LogP contribution in [0.3, 0.4) is 0 Å². The fourth-order valence-electron chi connectivity index (χ4n) is 3.66. The highest BCUT2D eigenvalue weighted by molar-refractivity contribution is 8.02. The van der Waals surface area contributed by atoms with E-state index in [4.69, 9.17) is 0 Å². The van der Waals surface area contributed by atoms with Crippen molar-refractivity contribution >= 4 is 44.8 Å². The van der Waals surface area contributed by atoms with E-state index in [1.54, 1.807) is 29.2 Å². The number of anilines is 2. The smallest absolute Gasteiger partial charge is 0.256 e. The number of carbonyl (C=O) groups excluding carboxylic acids is 2. The number of thioether (sulfide) groups is 1. The molecule has 4 rings (SSSR count). The van der Waals surface area contributed by atoms with Crippen LogP contribution in [0, 0.1) is 0 Å². The summed E-state index contributed by atoms with van der Waals surface area (Å²) in [5, 5.41) is 2.88. The largest absolute Gasteiger partial charge is 0.322 e. The van der Waals surface area contributed by atoms with Crippen LogP contribution in [0.1, 0.15) is 29.6 Å². The summed E-state index contributed by atoms with van der Waals surface area (Å²) >= 11 is 1.45. The Morgan fingerprint density at radius 2 is 1.97 bits per heavy atom. The summed E-state index contributed by atoms with van der Waals surface area (Å²) in [5.74, 6) is 0.209. The molecule has 0 spiro atoms. The predicted molar refractivity (Wildman–Crippen MR) is 115 cm³/mol. The summed E-state index contributed by atoms with van der Waals surface area (Å²) in [4.78, 5) is 27.4. The Balaban J connectivity index is 1.50. The first-order valence-electron chi connectivity index (χ1n) is 9.59. The van der Waals surface area contributed by atoms with Gasteiger partial charge in [0.05, 0.1) is 17.1 Å². The molecular weight excluding hydrogens is 408 g/mol. The summed E-state index contributed by atoms with van der Waals surface area (Å²) in [6.07, 6.45) is 2.00. The third kappa shape index (κ3) is 4.64. The first-order valence-corrected chi connectivity index (χ1v) is 12.3. The van der Waals surface area contributed by atoms with E-state index in [1.807, 2.05) is 24.3 Å². The number of nitrogens with one attached hydrogen (secondary N) is 1. The number of rotatable bonds is 5. The van der Waals surface area contributed by atoms with Crippen LogP contribution in [0.2, 0.25) is 0 Å². The molecular formula is C21H22N2O4S2. The maximum atomic E-state index is 12.9. The van der Waals surface area contributed by atoms with E-state index in [0.717, 1.165) is 17.0 Å². The number of nitrogens with zero attached hydrogens (tertiary/aromatic N) is 1. The van der Waals surface area contributed by atoms with Gasteiger partial charge < -0.3 is 10.2 Å². The van der Waals surface area contributed by atoms with Crippen LogP contribution in [-0.4, -0.2) is 43.5 Å². The van der Waals surface area contributed by atoms with Crippen molar-refractivity contribution in [1.82, 2.24) is 0 Å². The molecule has 1 atom stereocenters. The fourth-order valence-corrected chi connectivity index (χ4v) is 7.29. The van der Waals surface area contributed by atoms with Gasteiger partial charge in [0.1, 0.15) is 0 Å². The molecule has 8 heteroatoms. The summed E-state index contributed by atoms with van der Waals surface area (Å²) in [7, 11) is -2.97. The number of amides is 2. The van der Waals surface area contributed by atoms with Crippen LogP contribution in [-0.2, 0) is 14.6 Å². The van der Waals surface area contributed by atoms with Gasteiger partial charge in [-0.2, -0.15) is 0 Å². The normalized spacial score (nSPS) is 20.8. The molecule has 6 nitrogen and oxygen atoms in total. The van der Waals surface area contributed by atoms with Gasteiger partial charge in [0.2, 0.25) is 5.91 Å². The molecule has 1 N–H and O–H groups in total. The van der Waals surface area contributed by atoms with Crippen LogP contribution in [0.25, 0.3) is 0 Å². The van der Waals surface area contributed by atoms with Crippen molar-refractivity contribution in [2.45, 2.75) is 29.4 Å². The molecule has 0 radical (unpaired) electrons. The van der Waals surface area contributed by atoms with Gasteiger partial charge in [-0.15, -0.1) is 11.8 Å². The molecule has 2 amide bonds. The van der Waals surface area contributed by atoms with E-state index in [0.29, 0.717) is 30.6 Å². The molecule has 2 heterocycles. The first-order chi connectivity index (χ1) is 13.9. The molecule has 2 aromatic carbocycles. The molecule has 152 valence electrons. The van der Waals surface area contributed by atoms with Crippen LogP contribution < -0.4 is 10.2 Å². The molecule has 29 heavy (non-hydrogen) atoms. The summed E-state index contributed by atoms with van der Waals surface area (Å²) < 4.78 is 23.5. The quantitative estimate of drug-likeness (QED) is 0.787. The van der Waals surface area contributed by atoms with Crippen LogP contribution >= 0.6 is 11.8 Å². The summed E-state index contributed by atoms with van der Waals surface area (Å²) in [6, 6.07) is 14.5. The Labute approximate surface area is 174 Å². The minimum atomic E-state index is -2.97. The highest BCUT2D eigenvalue weighted by atomic mass is 32.2. The zero-order valence-corrected chi connectivity index (χ0v) is 17.5. The molecule has 0 bridgehead atoms. The zero-order chi connectivity index (χ0) is 20.4. The maximum absolute atomic E-state index is 12.9. The molecule has 2 aliphatic heterocycles. The predicted octanol–water partition coefficient (Wildman–Crippen LogP) is 3.34. The minimum absolute atomic E-state index is 0.0292. The number of hydrogen-bond donors (Lipinski definition) is 1. The molecule has 2 saturated heterocycles. The van der Waals surface area contributed by atoms with E-state index >= 15 is 0 Å². The average molecular weight is 431 g/mol. The van der Waals surface area contributed by atoms with Gasteiger partial charge in [0.15, 0.2) is 9.84 Å². The van der Waals surface area contributed by atoms with Crippen molar-refractivity contribution in [2.24, 2.45) is 0 Å². The van der Waals surface area contributed by atoms with Crippen molar-refractivity contribution in [3.8, 4) is 0 Å². The third-order valence-electron chi connectivity index (χ3n) is 5.11. The van der Waals surface area contributed by atoms with E-state index < -0.39 is 9.84 Å². The van der Waals surface area contributed by atoms with Crippen LogP contribution in [0.15, 0.2) is 53.4 Å². The lowest BCUT2D eigenvalue weighted by Crippen LogP contribution is -2.23. The monoisotopic (exact) mass is 430 g/mol. The molecule has 0 saturated carbocycles. The summed E-state index contributed by atoms with van der Waals surface area (Å²) in [6.45, 7) is 0.694. The third-order valence-corrected chi connectivity index (χ3v) is 8.43. The molecule has 0 aromatic heterocycles. The van der Waals surface area contributed by atoms with Crippen molar-refractivity contribution in [2.75, 3.05) is 28.3 Å². The van der Waals surface area contributed by atoms with Gasteiger partial charge in [-0.25, -0.2) is 8.42 Å². The van der Waals surface area contributed by atoms with E-state index in [-0.39, 0.29) is 28.6 Å². The number of sulfone groups is 1. The van der Waals surface area contributed by atoms with Crippen molar-refractivity contribution in [1.29, 1.82) is 0 Å². The lowest BCUT2D eigenvalue weighted by molar-refractivity contribution is -0.117. The number of carbonyl (C=O) groups is 2. The zero-order valence-electron chi connectivity index (χ0n) is 15.8. The minimum Gasteiger partial charge on any atom is -0.322 e. The molecule has 2 aromatic rings. The second kappa shape index (κ2) is 8.20. The van der Waals surface area contributed by atoms with Gasteiger partial charge in [0, 0.05) is 34.5 Å². The Morgan fingerprint density at radius 3 is 2.69 bits per heavy atom. The Kier molecular flexibility index (Phi) is 5.65. The van der Waals surface area contributed by atoms with E-state index in [9.17, 15) is 18.0 Å². The van der Waals surface area contributed by atoms with Gasteiger partial charge in [-0.3, -0.25) is 9.59 Å². The van der Waals surface area contributed by atoms with E-state index in [2.05, 4.69) is 5.32 Å². The van der Waals surface area contributed by atoms with Crippen LogP contribution in [0.5, 0.6) is 0 Å². The second-order valence-electron chi connectivity index (χ2n) is 7.29.